The summed E-state index contributed by atoms with van der Waals surface area (Å²) < 4.78 is 0. The van der Waals surface area contributed by atoms with Gasteiger partial charge in [-0.05, 0) is 42.7 Å². The predicted molar refractivity (Wildman–Crippen MR) is 111 cm³/mol. The summed E-state index contributed by atoms with van der Waals surface area (Å²) in [5, 5.41) is 0. The molecule has 2 amide bonds. The van der Waals surface area contributed by atoms with E-state index in [2.05, 4.69) is 13.8 Å². The number of hydrogen-bond acceptors (Lipinski definition) is 3. The van der Waals surface area contributed by atoms with Crippen molar-refractivity contribution in [1.29, 1.82) is 0 Å². The standard InChI is InChI=1S/C22H31NO2S/c1-5-7-8-9-10-11-14-23-21(24)19(20(22(23)25)26-6-2)18-13-12-16(3)17(4)15-18/h12-13,15H,5-11,14H2,1-4H3. The number of unbranched alkanes of at least 4 members (excludes halogenated alkanes) is 5. The highest BCUT2D eigenvalue weighted by Gasteiger charge is 2.38. The van der Waals surface area contributed by atoms with Crippen LogP contribution in [0.1, 0.15) is 69.1 Å². The number of benzene rings is 1. The summed E-state index contributed by atoms with van der Waals surface area (Å²) in [5.74, 6) is 0.555. The molecule has 0 unspecified atom stereocenters. The number of hydrogen-bond donors (Lipinski definition) is 0. The maximum absolute atomic E-state index is 13.0. The Labute approximate surface area is 162 Å². The number of carbonyl (C=O) groups excluding carboxylic acids is 2. The van der Waals surface area contributed by atoms with Crippen LogP contribution in [0, 0.1) is 13.8 Å². The summed E-state index contributed by atoms with van der Waals surface area (Å²) in [7, 11) is 0. The number of imide groups is 1. The van der Waals surface area contributed by atoms with Crippen LogP contribution in [0.25, 0.3) is 5.57 Å². The van der Waals surface area contributed by atoms with E-state index in [9.17, 15) is 9.59 Å². The summed E-state index contributed by atoms with van der Waals surface area (Å²) in [5.41, 5.74) is 3.80. The first kappa shape index (κ1) is 20.8. The van der Waals surface area contributed by atoms with Gasteiger partial charge in [-0.15, -0.1) is 11.8 Å². The molecule has 3 nitrogen and oxygen atoms in total. The molecule has 0 bridgehead atoms. The molecule has 4 heteroatoms. The van der Waals surface area contributed by atoms with E-state index < -0.39 is 0 Å². The van der Waals surface area contributed by atoms with Crippen LogP contribution in [-0.2, 0) is 9.59 Å². The lowest BCUT2D eigenvalue weighted by atomic mass is 10.0. The molecule has 1 aromatic rings. The van der Waals surface area contributed by atoms with Gasteiger partial charge in [0.25, 0.3) is 11.8 Å². The Kier molecular flexibility index (Phi) is 7.95. The molecule has 0 atom stereocenters. The Morgan fingerprint density at radius 1 is 0.885 bits per heavy atom. The van der Waals surface area contributed by atoms with Crippen LogP contribution in [0.4, 0.5) is 0 Å². The van der Waals surface area contributed by atoms with Gasteiger partial charge in [0, 0.05) is 6.54 Å². The Hall–Kier alpha value is -1.55. The van der Waals surface area contributed by atoms with Gasteiger partial charge in [-0.25, -0.2) is 0 Å². The number of aryl methyl sites for hydroxylation is 2. The highest BCUT2D eigenvalue weighted by molar-refractivity contribution is 8.04. The van der Waals surface area contributed by atoms with Gasteiger partial charge >= 0.3 is 0 Å². The van der Waals surface area contributed by atoms with Crippen LogP contribution in [0.2, 0.25) is 0 Å². The summed E-state index contributed by atoms with van der Waals surface area (Å²) in [4.78, 5) is 27.9. The van der Waals surface area contributed by atoms with Crippen molar-refractivity contribution in [3.8, 4) is 0 Å². The molecule has 0 saturated heterocycles. The fourth-order valence-corrected chi connectivity index (χ4v) is 4.11. The molecular weight excluding hydrogens is 342 g/mol. The molecule has 0 radical (unpaired) electrons. The van der Waals surface area contributed by atoms with E-state index in [1.165, 1.54) is 47.9 Å². The van der Waals surface area contributed by atoms with Crippen LogP contribution >= 0.6 is 11.8 Å². The fraction of sp³-hybridized carbons (Fsp3) is 0.545. The first-order valence-electron chi connectivity index (χ1n) is 9.82. The van der Waals surface area contributed by atoms with Crippen molar-refractivity contribution in [2.75, 3.05) is 12.3 Å². The molecule has 2 rings (SSSR count). The van der Waals surface area contributed by atoms with Crippen LogP contribution in [0.5, 0.6) is 0 Å². The van der Waals surface area contributed by atoms with Crippen molar-refractivity contribution >= 4 is 29.1 Å². The van der Waals surface area contributed by atoms with E-state index in [0.29, 0.717) is 17.0 Å². The van der Waals surface area contributed by atoms with Crippen LogP contribution in [0.3, 0.4) is 0 Å². The van der Waals surface area contributed by atoms with Gasteiger partial charge in [-0.2, -0.15) is 0 Å². The zero-order chi connectivity index (χ0) is 19.1. The minimum atomic E-state index is -0.122. The van der Waals surface area contributed by atoms with E-state index >= 15 is 0 Å². The first-order chi connectivity index (χ1) is 12.5. The highest BCUT2D eigenvalue weighted by Crippen LogP contribution is 2.36. The number of amides is 2. The van der Waals surface area contributed by atoms with Crippen molar-refractivity contribution in [2.45, 2.75) is 66.2 Å². The molecule has 0 aliphatic carbocycles. The zero-order valence-electron chi connectivity index (χ0n) is 16.6. The van der Waals surface area contributed by atoms with Gasteiger partial charge in [0.15, 0.2) is 0 Å². The van der Waals surface area contributed by atoms with Gasteiger partial charge in [0.05, 0.1) is 10.5 Å². The first-order valence-corrected chi connectivity index (χ1v) is 10.8. The molecule has 0 N–H and O–H groups in total. The minimum Gasteiger partial charge on any atom is -0.274 e. The van der Waals surface area contributed by atoms with Gasteiger partial charge in [0.1, 0.15) is 0 Å². The third kappa shape index (κ3) is 4.79. The van der Waals surface area contributed by atoms with Gasteiger partial charge in [-0.1, -0.05) is 64.2 Å². The number of thioether (sulfide) groups is 1. The molecule has 0 fully saturated rings. The lowest BCUT2D eigenvalue weighted by Crippen LogP contribution is -2.32. The quantitative estimate of drug-likeness (QED) is 0.401. The molecule has 1 aliphatic heterocycles. The Morgan fingerprint density at radius 3 is 2.23 bits per heavy atom. The maximum Gasteiger partial charge on any atom is 0.267 e. The summed E-state index contributed by atoms with van der Waals surface area (Å²) >= 11 is 1.49. The van der Waals surface area contributed by atoms with Gasteiger partial charge in [0.2, 0.25) is 0 Å². The smallest absolute Gasteiger partial charge is 0.267 e. The Morgan fingerprint density at radius 2 is 1.58 bits per heavy atom. The molecular formula is C22H31NO2S. The molecule has 0 saturated carbocycles. The second-order valence-corrected chi connectivity index (χ2v) is 8.24. The molecule has 142 valence electrons. The number of nitrogens with zero attached hydrogens (tertiary/aromatic N) is 1. The lowest BCUT2D eigenvalue weighted by molar-refractivity contribution is -0.136. The Balaban J connectivity index is 2.13. The third-order valence-electron chi connectivity index (χ3n) is 4.95. The van der Waals surface area contributed by atoms with Crippen molar-refractivity contribution in [1.82, 2.24) is 4.90 Å². The average Bonchev–Trinajstić information content (AvgIpc) is 2.85. The summed E-state index contributed by atoms with van der Waals surface area (Å²) in [6.45, 7) is 8.85. The van der Waals surface area contributed by atoms with E-state index in [1.54, 1.807) is 0 Å². The highest BCUT2D eigenvalue weighted by atomic mass is 32.2. The predicted octanol–water partition coefficient (Wildman–Crippen LogP) is 5.50. The van der Waals surface area contributed by atoms with E-state index in [4.69, 9.17) is 0 Å². The topological polar surface area (TPSA) is 37.4 Å². The summed E-state index contributed by atoms with van der Waals surface area (Å²) in [6, 6.07) is 6.02. The molecule has 0 spiro atoms. The van der Waals surface area contributed by atoms with E-state index in [1.807, 2.05) is 32.0 Å². The van der Waals surface area contributed by atoms with Crippen molar-refractivity contribution in [2.24, 2.45) is 0 Å². The largest absolute Gasteiger partial charge is 0.274 e. The van der Waals surface area contributed by atoms with Crippen molar-refractivity contribution in [3.63, 3.8) is 0 Å². The lowest BCUT2D eigenvalue weighted by Gasteiger charge is -2.15. The van der Waals surface area contributed by atoms with Crippen LogP contribution in [0.15, 0.2) is 23.1 Å². The van der Waals surface area contributed by atoms with Crippen LogP contribution in [-0.4, -0.2) is 29.0 Å². The molecule has 26 heavy (non-hydrogen) atoms. The maximum atomic E-state index is 13.0. The van der Waals surface area contributed by atoms with E-state index in [0.717, 1.165) is 29.7 Å². The molecule has 1 heterocycles. The summed E-state index contributed by atoms with van der Waals surface area (Å²) in [6.07, 6.45) is 6.87. The van der Waals surface area contributed by atoms with Gasteiger partial charge < -0.3 is 0 Å². The monoisotopic (exact) mass is 373 g/mol. The molecule has 0 aromatic heterocycles. The van der Waals surface area contributed by atoms with Crippen LogP contribution < -0.4 is 0 Å². The Bertz CT molecular complexity index is 693. The zero-order valence-corrected chi connectivity index (χ0v) is 17.4. The SMILES string of the molecule is CCCCCCCCN1C(=O)C(SCC)=C(c2ccc(C)c(C)c2)C1=O. The van der Waals surface area contributed by atoms with Crippen molar-refractivity contribution < 1.29 is 9.59 Å². The normalized spacial score (nSPS) is 14.7. The number of carbonyl (C=O) groups is 2. The van der Waals surface area contributed by atoms with E-state index in [-0.39, 0.29) is 11.8 Å². The van der Waals surface area contributed by atoms with Crippen molar-refractivity contribution in [3.05, 3.63) is 39.8 Å². The fourth-order valence-electron chi connectivity index (χ4n) is 3.24. The second kappa shape index (κ2) is 9.96. The van der Waals surface area contributed by atoms with Gasteiger partial charge in [-0.3, -0.25) is 14.5 Å². The second-order valence-electron chi connectivity index (χ2n) is 6.97. The number of rotatable bonds is 10. The third-order valence-corrected chi connectivity index (χ3v) is 5.90. The minimum absolute atomic E-state index is 0.108. The average molecular weight is 374 g/mol. The molecule has 1 aliphatic rings. The molecule has 1 aromatic carbocycles.